The van der Waals surface area contributed by atoms with E-state index < -0.39 is 22.0 Å². The van der Waals surface area contributed by atoms with Crippen molar-refractivity contribution in [3.8, 4) is 0 Å². The number of carbonyl (C=O) groups excluding carboxylic acids is 1. The summed E-state index contributed by atoms with van der Waals surface area (Å²) in [5, 5.41) is 3.11. The van der Waals surface area contributed by atoms with Gasteiger partial charge in [-0.1, -0.05) is 11.6 Å². The molecule has 2 N–H and O–H groups in total. The zero-order valence-corrected chi connectivity index (χ0v) is 16.4. The summed E-state index contributed by atoms with van der Waals surface area (Å²) in [4.78, 5) is 18.9. The Morgan fingerprint density at radius 1 is 1.15 bits per heavy atom. The summed E-state index contributed by atoms with van der Waals surface area (Å²) in [5.74, 6) is 0.408. The first-order valence-electron chi connectivity index (χ1n) is 8.65. The summed E-state index contributed by atoms with van der Waals surface area (Å²) < 4.78 is 27.1. The van der Waals surface area contributed by atoms with Gasteiger partial charge < -0.3 is 10.2 Å². The van der Waals surface area contributed by atoms with Crippen molar-refractivity contribution in [1.82, 2.24) is 9.71 Å². The van der Waals surface area contributed by atoms with Crippen LogP contribution in [0.3, 0.4) is 0 Å². The van der Waals surface area contributed by atoms with Gasteiger partial charge in [0.25, 0.3) is 0 Å². The van der Waals surface area contributed by atoms with Gasteiger partial charge in [0.1, 0.15) is 5.82 Å². The minimum Gasteiger partial charge on any atom is -0.357 e. The highest BCUT2D eigenvalue weighted by atomic mass is 35.5. The number of pyridine rings is 1. The first-order valence-corrected chi connectivity index (χ1v) is 10.5. The lowest BCUT2D eigenvalue weighted by atomic mass is 10.3. The van der Waals surface area contributed by atoms with Crippen molar-refractivity contribution >= 4 is 39.0 Å². The molecular weight excluding hydrogens is 388 g/mol. The molecule has 0 saturated carbocycles. The molecule has 1 fully saturated rings. The summed E-state index contributed by atoms with van der Waals surface area (Å²) in [6.07, 6.45) is 3.89. The number of nitrogens with zero attached hydrogens (tertiary/aromatic N) is 2. The summed E-state index contributed by atoms with van der Waals surface area (Å²) in [6, 6.07) is 8.39. The van der Waals surface area contributed by atoms with Gasteiger partial charge in [0.05, 0.1) is 22.8 Å². The van der Waals surface area contributed by atoms with E-state index in [0.717, 1.165) is 31.7 Å². The molecule has 27 heavy (non-hydrogen) atoms. The minimum atomic E-state index is -3.82. The van der Waals surface area contributed by atoms with Crippen molar-refractivity contribution in [2.45, 2.75) is 30.7 Å². The van der Waals surface area contributed by atoms with E-state index in [0.29, 0.717) is 10.7 Å². The average Bonchev–Trinajstić information content (AvgIpc) is 3.17. The molecule has 0 aliphatic carbocycles. The third-order valence-corrected chi connectivity index (χ3v) is 6.10. The van der Waals surface area contributed by atoms with Crippen molar-refractivity contribution in [2.24, 2.45) is 0 Å². The number of amides is 1. The number of aromatic nitrogens is 1. The number of rotatable bonds is 6. The summed E-state index contributed by atoms with van der Waals surface area (Å²) in [6.45, 7) is 3.46. The highest BCUT2D eigenvalue weighted by Gasteiger charge is 2.22. The van der Waals surface area contributed by atoms with Crippen molar-refractivity contribution in [3.63, 3.8) is 0 Å². The highest BCUT2D eigenvalue weighted by Crippen LogP contribution is 2.19. The number of sulfonamides is 1. The van der Waals surface area contributed by atoms with E-state index in [1.165, 1.54) is 31.2 Å². The Bertz CT molecular complexity index is 895. The predicted octanol–water partition coefficient (Wildman–Crippen LogP) is 2.64. The minimum absolute atomic E-state index is 0.0446. The fourth-order valence-corrected chi connectivity index (χ4v) is 4.14. The molecule has 0 spiro atoms. The molecule has 1 atom stereocenters. The van der Waals surface area contributed by atoms with Gasteiger partial charge in [0.2, 0.25) is 15.9 Å². The second-order valence-electron chi connectivity index (χ2n) is 6.39. The van der Waals surface area contributed by atoms with Crippen molar-refractivity contribution < 1.29 is 13.2 Å². The van der Waals surface area contributed by atoms with Crippen LogP contribution in [0.5, 0.6) is 0 Å². The number of carbonyl (C=O) groups is 1. The van der Waals surface area contributed by atoms with Gasteiger partial charge in [-0.2, -0.15) is 4.72 Å². The summed E-state index contributed by atoms with van der Waals surface area (Å²) >= 11 is 5.77. The van der Waals surface area contributed by atoms with Crippen LogP contribution in [-0.4, -0.2) is 38.4 Å². The molecule has 1 aromatic carbocycles. The van der Waals surface area contributed by atoms with Gasteiger partial charge >= 0.3 is 0 Å². The molecule has 144 valence electrons. The van der Waals surface area contributed by atoms with Crippen LogP contribution in [0.4, 0.5) is 11.5 Å². The van der Waals surface area contributed by atoms with E-state index >= 15 is 0 Å². The molecule has 7 nitrogen and oxygen atoms in total. The lowest BCUT2D eigenvalue weighted by molar-refractivity contribution is -0.117. The second kappa shape index (κ2) is 8.24. The Labute approximate surface area is 163 Å². The van der Waals surface area contributed by atoms with Crippen LogP contribution in [0.15, 0.2) is 47.5 Å². The van der Waals surface area contributed by atoms with Crippen LogP contribution < -0.4 is 14.9 Å². The maximum atomic E-state index is 12.4. The van der Waals surface area contributed by atoms with Crippen LogP contribution in [0.25, 0.3) is 0 Å². The van der Waals surface area contributed by atoms with Crippen LogP contribution in [0.1, 0.15) is 19.8 Å². The average molecular weight is 409 g/mol. The number of halogens is 1. The summed E-state index contributed by atoms with van der Waals surface area (Å²) in [7, 11) is -3.82. The zero-order chi connectivity index (χ0) is 19.4. The highest BCUT2D eigenvalue weighted by molar-refractivity contribution is 7.89. The number of anilines is 2. The molecule has 3 rings (SSSR count). The lowest BCUT2D eigenvalue weighted by Crippen LogP contribution is -2.41. The molecule has 1 saturated heterocycles. The van der Waals surface area contributed by atoms with E-state index in [4.69, 9.17) is 11.6 Å². The fourth-order valence-electron chi connectivity index (χ4n) is 2.81. The molecule has 2 heterocycles. The van der Waals surface area contributed by atoms with Crippen molar-refractivity contribution in [1.29, 1.82) is 0 Å². The SMILES string of the molecule is C[C@@H](NS(=O)(=O)c1ccc(Cl)cc1)C(=O)Nc1ccc(N2CCCC2)nc1. The van der Waals surface area contributed by atoms with Gasteiger partial charge in [0, 0.05) is 18.1 Å². The van der Waals surface area contributed by atoms with E-state index in [2.05, 4.69) is 19.9 Å². The third kappa shape index (κ3) is 4.97. The Kier molecular flexibility index (Phi) is 5.98. The normalized spacial score (nSPS) is 15.6. The molecule has 0 unspecified atom stereocenters. The van der Waals surface area contributed by atoms with E-state index in [1.54, 1.807) is 12.3 Å². The Morgan fingerprint density at radius 2 is 1.81 bits per heavy atom. The van der Waals surface area contributed by atoms with Gasteiger partial charge in [0.15, 0.2) is 0 Å². The van der Waals surface area contributed by atoms with Crippen LogP contribution in [0.2, 0.25) is 5.02 Å². The maximum Gasteiger partial charge on any atom is 0.242 e. The van der Waals surface area contributed by atoms with Crippen LogP contribution in [-0.2, 0) is 14.8 Å². The number of hydrogen-bond acceptors (Lipinski definition) is 5. The van der Waals surface area contributed by atoms with Gasteiger partial charge in [-0.15, -0.1) is 0 Å². The standard InChI is InChI=1S/C18H21ClN4O3S/c1-13(22-27(25,26)16-7-4-14(19)5-8-16)18(24)21-15-6-9-17(20-12-15)23-10-2-3-11-23/h4-9,12-13,22H,2-3,10-11H2,1H3,(H,21,24)/t13-/m1/s1. The van der Waals surface area contributed by atoms with E-state index in [-0.39, 0.29) is 4.90 Å². The molecule has 0 radical (unpaired) electrons. The van der Waals surface area contributed by atoms with Gasteiger partial charge in [-0.25, -0.2) is 13.4 Å². The smallest absolute Gasteiger partial charge is 0.242 e. The van der Waals surface area contributed by atoms with Gasteiger partial charge in [-0.3, -0.25) is 4.79 Å². The second-order valence-corrected chi connectivity index (χ2v) is 8.54. The molecule has 0 bridgehead atoms. The van der Waals surface area contributed by atoms with Crippen LogP contribution in [0, 0.1) is 0 Å². The number of nitrogens with one attached hydrogen (secondary N) is 2. The lowest BCUT2D eigenvalue weighted by Gasteiger charge is -2.17. The monoisotopic (exact) mass is 408 g/mol. The third-order valence-electron chi connectivity index (χ3n) is 4.29. The molecule has 1 aliphatic rings. The molecule has 9 heteroatoms. The fraction of sp³-hybridized carbons (Fsp3) is 0.333. The largest absolute Gasteiger partial charge is 0.357 e. The molecule has 1 amide bonds. The topological polar surface area (TPSA) is 91.4 Å². The molecule has 1 aliphatic heterocycles. The molecular formula is C18H21ClN4O3S. The number of benzene rings is 1. The van der Waals surface area contributed by atoms with Gasteiger partial charge in [-0.05, 0) is 56.2 Å². The molecule has 2 aromatic rings. The van der Waals surface area contributed by atoms with E-state index in [9.17, 15) is 13.2 Å². The van der Waals surface area contributed by atoms with Crippen molar-refractivity contribution in [3.05, 3.63) is 47.6 Å². The molecule has 1 aromatic heterocycles. The quantitative estimate of drug-likeness (QED) is 0.766. The predicted molar refractivity (Wildman–Crippen MR) is 106 cm³/mol. The Balaban J connectivity index is 1.60. The Morgan fingerprint density at radius 3 is 2.41 bits per heavy atom. The summed E-state index contributed by atoms with van der Waals surface area (Å²) in [5.41, 5.74) is 0.514. The first kappa shape index (κ1) is 19.6. The van der Waals surface area contributed by atoms with E-state index in [1.807, 2.05) is 6.07 Å². The maximum absolute atomic E-state index is 12.4. The first-order chi connectivity index (χ1) is 12.8. The van der Waals surface area contributed by atoms with Crippen LogP contribution >= 0.6 is 11.6 Å². The zero-order valence-electron chi connectivity index (χ0n) is 14.9. The number of hydrogen-bond donors (Lipinski definition) is 2. The van der Waals surface area contributed by atoms with Crippen molar-refractivity contribution in [2.75, 3.05) is 23.3 Å². The Hall–Kier alpha value is -2.16.